The molecule has 0 atom stereocenters. The van der Waals surface area contributed by atoms with Crippen LogP contribution in [-0.2, 0) is 6.54 Å². The van der Waals surface area contributed by atoms with Gasteiger partial charge < -0.3 is 5.32 Å². The fraction of sp³-hybridized carbons (Fsp3) is 0.125. The summed E-state index contributed by atoms with van der Waals surface area (Å²) in [4.78, 5) is 10.1. The SMILES string of the molecule is O=[N+]([O-])c1ccc(CNCC#Cc2ccccc2)cc1. The highest BCUT2D eigenvalue weighted by molar-refractivity contribution is 5.34. The average molecular weight is 266 g/mol. The zero-order chi connectivity index (χ0) is 14.2. The van der Waals surface area contributed by atoms with E-state index in [0.29, 0.717) is 13.1 Å². The van der Waals surface area contributed by atoms with Crippen LogP contribution in [0.5, 0.6) is 0 Å². The number of nitro benzene ring substituents is 1. The van der Waals surface area contributed by atoms with Gasteiger partial charge in [-0.05, 0) is 17.7 Å². The van der Waals surface area contributed by atoms with Gasteiger partial charge in [-0.15, -0.1) is 0 Å². The molecule has 0 bridgehead atoms. The Labute approximate surface area is 117 Å². The average Bonchev–Trinajstić information content (AvgIpc) is 2.48. The third-order valence-electron chi connectivity index (χ3n) is 2.70. The topological polar surface area (TPSA) is 55.2 Å². The summed E-state index contributed by atoms with van der Waals surface area (Å²) in [5.41, 5.74) is 2.10. The van der Waals surface area contributed by atoms with E-state index in [1.165, 1.54) is 12.1 Å². The van der Waals surface area contributed by atoms with Crippen molar-refractivity contribution in [3.05, 3.63) is 75.8 Å². The molecule has 2 aromatic carbocycles. The van der Waals surface area contributed by atoms with E-state index >= 15 is 0 Å². The molecule has 100 valence electrons. The maximum Gasteiger partial charge on any atom is 0.269 e. The molecule has 2 aromatic rings. The molecule has 1 N–H and O–H groups in total. The summed E-state index contributed by atoms with van der Waals surface area (Å²) in [6, 6.07) is 16.3. The van der Waals surface area contributed by atoms with Crippen LogP contribution in [0.3, 0.4) is 0 Å². The van der Waals surface area contributed by atoms with Gasteiger partial charge in [0.1, 0.15) is 0 Å². The van der Waals surface area contributed by atoms with Crippen molar-refractivity contribution in [1.82, 2.24) is 5.32 Å². The summed E-state index contributed by atoms with van der Waals surface area (Å²) in [5.74, 6) is 6.09. The van der Waals surface area contributed by atoms with Gasteiger partial charge in [-0.25, -0.2) is 0 Å². The Morgan fingerprint density at radius 1 is 1.05 bits per heavy atom. The first kappa shape index (κ1) is 13.8. The minimum absolute atomic E-state index is 0.109. The van der Waals surface area contributed by atoms with Gasteiger partial charge in [0.25, 0.3) is 5.69 Å². The third-order valence-corrected chi connectivity index (χ3v) is 2.70. The molecular weight excluding hydrogens is 252 g/mol. The van der Waals surface area contributed by atoms with E-state index in [0.717, 1.165) is 11.1 Å². The van der Waals surface area contributed by atoms with E-state index in [2.05, 4.69) is 17.2 Å². The predicted molar refractivity (Wildman–Crippen MR) is 78.1 cm³/mol. The largest absolute Gasteiger partial charge is 0.302 e. The number of non-ortho nitro benzene ring substituents is 1. The summed E-state index contributed by atoms with van der Waals surface area (Å²) in [7, 11) is 0. The highest BCUT2D eigenvalue weighted by atomic mass is 16.6. The fourth-order valence-electron chi connectivity index (χ4n) is 1.67. The second-order valence-corrected chi connectivity index (χ2v) is 4.19. The first-order valence-corrected chi connectivity index (χ1v) is 6.24. The molecule has 0 heterocycles. The van der Waals surface area contributed by atoms with Crippen molar-refractivity contribution in [3.63, 3.8) is 0 Å². The standard InChI is InChI=1S/C16H14N2O2/c19-18(20)16-10-8-15(9-11-16)13-17-12-4-7-14-5-2-1-3-6-14/h1-3,5-6,8-11,17H,12-13H2. The van der Waals surface area contributed by atoms with E-state index in [4.69, 9.17) is 0 Å². The number of nitrogens with zero attached hydrogens (tertiary/aromatic N) is 1. The Morgan fingerprint density at radius 2 is 1.75 bits per heavy atom. The van der Waals surface area contributed by atoms with Crippen molar-refractivity contribution in [2.45, 2.75) is 6.54 Å². The monoisotopic (exact) mass is 266 g/mol. The Bertz CT molecular complexity index is 625. The maximum absolute atomic E-state index is 10.5. The van der Waals surface area contributed by atoms with Gasteiger partial charge in [-0.2, -0.15) is 0 Å². The van der Waals surface area contributed by atoms with Gasteiger partial charge in [0.2, 0.25) is 0 Å². The normalized spacial score (nSPS) is 9.60. The summed E-state index contributed by atoms with van der Waals surface area (Å²) in [5, 5.41) is 13.7. The van der Waals surface area contributed by atoms with E-state index in [1.807, 2.05) is 30.3 Å². The number of hydrogen-bond donors (Lipinski definition) is 1. The van der Waals surface area contributed by atoms with Crippen LogP contribution in [0.25, 0.3) is 0 Å². The highest BCUT2D eigenvalue weighted by Crippen LogP contribution is 2.11. The van der Waals surface area contributed by atoms with Gasteiger partial charge in [0.15, 0.2) is 0 Å². The van der Waals surface area contributed by atoms with Crippen molar-refractivity contribution in [1.29, 1.82) is 0 Å². The third kappa shape index (κ3) is 4.23. The lowest BCUT2D eigenvalue weighted by Gasteiger charge is -2.00. The lowest BCUT2D eigenvalue weighted by molar-refractivity contribution is -0.384. The van der Waals surface area contributed by atoms with Crippen LogP contribution >= 0.6 is 0 Å². The molecule has 4 heteroatoms. The zero-order valence-electron chi connectivity index (χ0n) is 10.9. The van der Waals surface area contributed by atoms with Gasteiger partial charge in [-0.1, -0.05) is 42.2 Å². The lowest BCUT2D eigenvalue weighted by atomic mass is 10.2. The second-order valence-electron chi connectivity index (χ2n) is 4.19. The molecule has 2 rings (SSSR count). The van der Waals surface area contributed by atoms with E-state index in [9.17, 15) is 10.1 Å². The number of hydrogen-bond acceptors (Lipinski definition) is 3. The van der Waals surface area contributed by atoms with Crippen molar-refractivity contribution in [2.24, 2.45) is 0 Å². The molecule has 4 nitrogen and oxygen atoms in total. The first-order chi connectivity index (χ1) is 9.75. The van der Waals surface area contributed by atoms with Gasteiger partial charge in [0, 0.05) is 24.2 Å². The molecule has 0 fully saturated rings. The Balaban J connectivity index is 1.79. The van der Waals surface area contributed by atoms with Crippen LogP contribution in [-0.4, -0.2) is 11.5 Å². The molecule has 0 aliphatic rings. The van der Waals surface area contributed by atoms with E-state index < -0.39 is 4.92 Å². The summed E-state index contributed by atoms with van der Waals surface area (Å²) in [6.45, 7) is 1.22. The van der Waals surface area contributed by atoms with Gasteiger partial charge in [0.05, 0.1) is 11.5 Å². The number of rotatable bonds is 4. The maximum atomic E-state index is 10.5. The number of nitrogens with one attached hydrogen (secondary N) is 1. The molecular formula is C16H14N2O2. The highest BCUT2D eigenvalue weighted by Gasteiger charge is 2.02. The molecule has 0 aromatic heterocycles. The second kappa shape index (κ2) is 7.07. The molecule has 0 unspecified atom stereocenters. The molecule has 0 aliphatic heterocycles. The van der Waals surface area contributed by atoms with Crippen LogP contribution in [0.4, 0.5) is 5.69 Å². The first-order valence-electron chi connectivity index (χ1n) is 6.24. The van der Waals surface area contributed by atoms with Crippen molar-refractivity contribution in [2.75, 3.05) is 6.54 Å². The van der Waals surface area contributed by atoms with Crippen LogP contribution in [0.1, 0.15) is 11.1 Å². The summed E-state index contributed by atoms with van der Waals surface area (Å²) >= 11 is 0. The molecule has 0 amide bonds. The van der Waals surface area contributed by atoms with Gasteiger partial charge >= 0.3 is 0 Å². The van der Waals surface area contributed by atoms with Crippen LogP contribution in [0, 0.1) is 22.0 Å². The molecule has 0 radical (unpaired) electrons. The summed E-state index contributed by atoms with van der Waals surface area (Å²) in [6.07, 6.45) is 0. The number of nitro groups is 1. The quantitative estimate of drug-likeness (QED) is 0.400. The smallest absolute Gasteiger partial charge is 0.269 e. The molecule has 0 spiro atoms. The predicted octanol–water partition coefficient (Wildman–Crippen LogP) is 2.74. The fourth-order valence-corrected chi connectivity index (χ4v) is 1.67. The van der Waals surface area contributed by atoms with Crippen LogP contribution in [0.15, 0.2) is 54.6 Å². The van der Waals surface area contributed by atoms with Gasteiger partial charge in [-0.3, -0.25) is 10.1 Å². The lowest BCUT2D eigenvalue weighted by Crippen LogP contribution is -2.13. The Kier molecular flexibility index (Phi) is 4.87. The Morgan fingerprint density at radius 3 is 2.40 bits per heavy atom. The molecule has 0 aliphatic carbocycles. The van der Waals surface area contributed by atoms with E-state index in [1.54, 1.807) is 12.1 Å². The van der Waals surface area contributed by atoms with Crippen molar-refractivity contribution in [3.8, 4) is 11.8 Å². The minimum atomic E-state index is -0.400. The Hall–Kier alpha value is -2.64. The van der Waals surface area contributed by atoms with Crippen molar-refractivity contribution >= 4 is 5.69 Å². The van der Waals surface area contributed by atoms with E-state index in [-0.39, 0.29) is 5.69 Å². The molecule has 0 saturated carbocycles. The zero-order valence-corrected chi connectivity index (χ0v) is 10.9. The van der Waals surface area contributed by atoms with Crippen molar-refractivity contribution < 1.29 is 4.92 Å². The van der Waals surface area contributed by atoms with Crippen LogP contribution in [0.2, 0.25) is 0 Å². The number of benzene rings is 2. The summed E-state index contributed by atoms with van der Waals surface area (Å²) < 4.78 is 0. The molecule has 20 heavy (non-hydrogen) atoms. The molecule has 0 saturated heterocycles. The minimum Gasteiger partial charge on any atom is -0.302 e. The van der Waals surface area contributed by atoms with Crippen LogP contribution < -0.4 is 5.32 Å².